The van der Waals surface area contributed by atoms with Crippen molar-refractivity contribution in [3.05, 3.63) is 79.7 Å². The van der Waals surface area contributed by atoms with Crippen LogP contribution < -0.4 is 9.47 Å². The van der Waals surface area contributed by atoms with Crippen molar-refractivity contribution in [1.82, 2.24) is 4.90 Å². The van der Waals surface area contributed by atoms with Crippen LogP contribution in [0.1, 0.15) is 55.6 Å². The first-order chi connectivity index (χ1) is 17.0. The SMILES string of the molecule is COc1cc(C2C3=C(CCCC3=O)N(CCc3ccccc3)C3=C2C(=O)CCC3)cc(I)c1OC. The van der Waals surface area contributed by atoms with Crippen LogP contribution in [0, 0.1) is 3.57 Å². The molecule has 1 heterocycles. The van der Waals surface area contributed by atoms with Crippen molar-refractivity contribution in [3.63, 3.8) is 0 Å². The lowest BCUT2D eigenvalue weighted by Gasteiger charge is -2.44. The standard InChI is InChI=1S/C29H30INO4/c1-34-25-17-19(16-20(30)29(25)35-2)26-27-21(10-6-12-23(27)32)31(15-14-18-8-4-3-5-9-18)22-11-7-13-24(33)28(22)26/h3-5,8-9,16-17,26H,6-7,10-15H2,1-2H3. The summed E-state index contributed by atoms with van der Waals surface area (Å²) in [6, 6.07) is 14.4. The average molecular weight is 583 g/mol. The first-order valence-electron chi connectivity index (χ1n) is 12.3. The number of halogens is 1. The van der Waals surface area contributed by atoms with Crippen molar-refractivity contribution < 1.29 is 19.1 Å². The molecule has 0 bridgehead atoms. The van der Waals surface area contributed by atoms with Gasteiger partial charge in [-0.25, -0.2) is 0 Å². The maximum atomic E-state index is 13.5. The second-order valence-corrected chi connectivity index (χ2v) is 10.5. The fraction of sp³-hybridized carbons (Fsp3) is 0.379. The molecule has 0 N–H and O–H groups in total. The summed E-state index contributed by atoms with van der Waals surface area (Å²) in [6.45, 7) is 0.776. The number of methoxy groups -OCH3 is 2. The topological polar surface area (TPSA) is 55.8 Å². The van der Waals surface area contributed by atoms with E-state index in [9.17, 15) is 9.59 Å². The molecular weight excluding hydrogens is 553 g/mol. The van der Waals surface area contributed by atoms with E-state index in [2.05, 4.69) is 51.8 Å². The largest absolute Gasteiger partial charge is 0.493 e. The summed E-state index contributed by atoms with van der Waals surface area (Å²) in [4.78, 5) is 29.3. The fourth-order valence-corrected chi connectivity index (χ4v) is 6.66. The molecule has 0 saturated carbocycles. The Morgan fingerprint density at radius 1 is 0.886 bits per heavy atom. The van der Waals surface area contributed by atoms with E-state index in [1.54, 1.807) is 14.2 Å². The van der Waals surface area contributed by atoms with Crippen molar-refractivity contribution in [2.45, 2.75) is 50.9 Å². The minimum absolute atomic E-state index is 0.163. The van der Waals surface area contributed by atoms with E-state index in [0.717, 1.165) is 70.3 Å². The van der Waals surface area contributed by atoms with Gasteiger partial charge in [-0.15, -0.1) is 0 Å². The van der Waals surface area contributed by atoms with Crippen LogP contribution in [0.4, 0.5) is 0 Å². The number of carbonyl (C=O) groups is 2. The van der Waals surface area contributed by atoms with Gasteiger partial charge < -0.3 is 14.4 Å². The van der Waals surface area contributed by atoms with Gasteiger partial charge in [-0.3, -0.25) is 9.59 Å². The molecule has 0 saturated heterocycles. The molecular formula is C29H30INO4. The third-order valence-electron chi connectivity index (χ3n) is 7.34. The number of nitrogens with zero attached hydrogens (tertiary/aromatic N) is 1. The summed E-state index contributed by atoms with van der Waals surface area (Å²) in [7, 11) is 3.25. The second-order valence-electron chi connectivity index (χ2n) is 9.33. The molecule has 3 aliphatic rings. The van der Waals surface area contributed by atoms with Gasteiger partial charge in [-0.05, 0) is 78.0 Å². The third kappa shape index (κ3) is 4.41. The first-order valence-corrected chi connectivity index (χ1v) is 13.4. The Morgan fingerprint density at radius 2 is 1.51 bits per heavy atom. The van der Waals surface area contributed by atoms with E-state index in [-0.39, 0.29) is 17.5 Å². The van der Waals surface area contributed by atoms with Crippen LogP contribution in [-0.2, 0) is 16.0 Å². The number of hydrogen-bond donors (Lipinski definition) is 0. The summed E-state index contributed by atoms with van der Waals surface area (Å²) in [6.07, 6.45) is 5.36. The molecule has 0 aromatic heterocycles. The highest BCUT2D eigenvalue weighted by Gasteiger charge is 2.43. The van der Waals surface area contributed by atoms with Crippen molar-refractivity contribution in [2.75, 3.05) is 20.8 Å². The number of ketones is 2. The van der Waals surface area contributed by atoms with Crippen LogP contribution in [0.3, 0.4) is 0 Å². The Morgan fingerprint density at radius 3 is 2.09 bits per heavy atom. The lowest BCUT2D eigenvalue weighted by Crippen LogP contribution is -2.40. The zero-order chi connectivity index (χ0) is 24.5. The molecule has 5 rings (SSSR count). The Hall–Kier alpha value is -2.61. The highest BCUT2D eigenvalue weighted by molar-refractivity contribution is 14.1. The summed E-state index contributed by atoms with van der Waals surface area (Å²) < 4.78 is 12.1. The van der Waals surface area contributed by atoms with Gasteiger partial charge in [0.25, 0.3) is 0 Å². The summed E-state index contributed by atoms with van der Waals surface area (Å²) in [5.74, 6) is 1.27. The highest BCUT2D eigenvalue weighted by Crippen LogP contribution is 2.50. The van der Waals surface area contributed by atoms with Crippen molar-refractivity contribution >= 4 is 34.2 Å². The number of hydrogen-bond acceptors (Lipinski definition) is 5. The van der Waals surface area contributed by atoms with E-state index in [1.165, 1.54) is 5.56 Å². The normalized spacial score (nSPS) is 18.5. The molecule has 0 spiro atoms. The van der Waals surface area contributed by atoms with Gasteiger partial charge in [0.2, 0.25) is 0 Å². The fourth-order valence-electron chi connectivity index (χ4n) is 5.81. The first kappa shape index (κ1) is 24.1. The van der Waals surface area contributed by atoms with E-state index in [0.29, 0.717) is 24.3 Å². The van der Waals surface area contributed by atoms with Crippen molar-refractivity contribution in [1.29, 1.82) is 0 Å². The summed E-state index contributed by atoms with van der Waals surface area (Å²) in [5, 5.41) is 0. The lowest BCUT2D eigenvalue weighted by atomic mass is 9.71. The van der Waals surface area contributed by atoms with E-state index in [4.69, 9.17) is 9.47 Å². The van der Waals surface area contributed by atoms with Gasteiger partial charge in [-0.1, -0.05) is 30.3 Å². The number of Topliss-reactive ketones (excluding diaryl/α,β-unsaturated/α-hetero) is 2. The summed E-state index contributed by atoms with van der Waals surface area (Å²) in [5.41, 5.74) is 6.03. The summed E-state index contributed by atoms with van der Waals surface area (Å²) >= 11 is 2.24. The Balaban J connectivity index is 1.66. The molecule has 2 aromatic rings. The van der Waals surface area contributed by atoms with Crippen molar-refractivity contribution in [3.8, 4) is 11.5 Å². The average Bonchev–Trinajstić information content (AvgIpc) is 2.87. The number of allylic oxidation sites excluding steroid dienone is 4. The highest BCUT2D eigenvalue weighted by atomic mass is 127. The maximum Gasteiger partial charge on any atom is 0.174 e. The second kappa shape index (κ2) is 10.2. The predicted molar refractivity (Wildman–Crippen MR) is 144 cm³/mol. The molecule has 0 radical (unpaired) electrons. The number of benzene rings is 2. The van der Waals surface area contributed by atoms with Gasteiger partial charge in [0.15, 0.2) is 23.1 Å². The molecule has 182 valence electrons. The predicted octanol–water partition coefficient (Wildman–Crippen LogP) is 5.96. The molecule has 1 aliphatic heterocycles. The molecule has 2 aliphatic carbocycles. The van der Waals surface area contributed by atoms with Crippen LogP contribution in [0.5, 0.6) is 11.5 Å². The van der Waals surface area contributed by atoms with E-state index >= 15 is 0 Å². The minimum atomic E-state index is -0.345. The van der Waals surface area contributed by atoms with Gasteiger partial charge in [-0.2, -0.15) is 0 Å². The molecule has 0 unspecified atom stereocenters. The zero-order valence-corrected chi connectivity index (χ0v) is 22.4. The van der Waals surface area contributed by atoms with Crippen LogP contribution in [0.2, 0.25) is 0 Å². The Bertz CT molecular complexity index is 1190. The van der Waals surface area contributed by atoms with Crippen LogP contribution >= 0.6 is 22.6 Å². The Kier molecular flexibility index (Phi) is 7.00. The molecule has 2 aromatic carbocycles. The quantitative estimate of drug-likeness (QED) is 0.393. The third-order valence-corrected chi connectivity index (χ3v) is 8.14. The van der Waals surface area contributed by atoms with E-state index < -0.39 is 0 Å². The molecule has 0 fully saturated rings. The van der Waals surface area contributed by atoms with Crippen LogP contribution in [-0.4, -0.2) is 37.2 Å². The molecule has 0 atom stereocenters. The monoisotopic (exact) mass is 583 g/mol. The smallest absolute Gasteiger partial charge is 0.174 e. The Labute approximate surface area is 220 Å². The zero-order valence-electron chi connectivity index (χ0n) is 20.2. The van der Waals surface area contributed by atoms with Gasteiger partial charge >= 0.3 is 0 Å². The van der Waals surface area contributed by atoms with Gasteiger partial charge in [0.05, 0.1) is 17.8 Å². The van der Waals surface area contributed by atoms with Crippen molar-refractivity contribution in [2.24, 2.45) is 0 Å². The molecule has 6 heteroatoms. The maximum absolute atomic E-state index is 13.5. The number of ether oxygens (including phenoxy) is 2. The number of rotatable bonds is 6. The number of carbonyl (C=O) groups excluding carboxylic acids is 2. The molecule has 0 amide bonds. The van der Waals surface area contributed by atoms with Crippen LogP contribution in [0.25, 0.3) is 0 Å². The lowest BCUT2D eigenvalue weighted by molar-refractivity contribution is -0.117. The minimum Gasteiger partial charge on any atom is -0.493 e. The van der Waals surface area contributed by atoms with Gasteiger partial charge in [0, 0.05) is 47.8 Å². The van der Waals surface area contributed by atoms with Crippen LogP contribution in [0.15, 0.2) is 65.0 Å². The molecule has 35 heavy (non-hydrogen) atoms. The van der Waals surface area contributed by atoms with E-state index in [1.807, 2.05) is 18.2 Å². The molecule has 5 nitrogen and oxygen atoms in total. The van der Waals surface area contributed by atoms with Gasteiger partial charge in [0.1, 0.15) is 0 Å².